The average Bonchev–Trinajstić information content (AvgIpc) is 2.38. The van der Waals surface area contributed by atoms with E-state index in [1.54, 1.807) is 0 Å². The van der Waals surface area contributed by atoms with Gasteiger partial charge in [0.15, 0.2) is 0 Å². The van der Waals surface area contributed by atoms with Gasteiger partial charge in [-0.3, -0.25) is 4.90 Å². The number of hydrogen-bond donors (Lipinski definition) is 1. The van der Waals surface area contributed by atoms with Gasteiger partial charge in [0.2, 0.25) is 0 Å². The van der Waals surface area contributed by atoms with E-state index >= 15 is 0 Å². The van der Waals surface area contributed by atoms with Crippen molar-refractivity contribution in [3.8, 4) is 0 Å². The van der Waals surface area contributed by atoms with Crippen LogP contribution in [0.3, 0.4) is 0 Å². The molecule has 0 aromatic heterocycles. The first-order valence-corrected chi connectivity index (χ1v) is 6.19. The van der Waals surface area contributed by atoms with Crippen molar-refractivity contribution in [3.63, 3.8) is 0 Å². The lowest BCUT2D eigenvalue weighted by atomic mass is 10.1. The summed E-state index contributed by atoms with van der Waals surface area (Å²) in [5.74, 6) is 0. The molecule has 2 rings (SSSR count). The molecule has 1 aromatic rings. The highest BCUT2D eigenvalue weighted by molar-refractivity contribution is 5.85. The highest BCUT2D eigenvalue weighted by Gasteiger charge is 2.30. The fraction of sp³-hybridized carbons (Fsp3) is 0.538. The number of benzene rings is 1. The van der Waals surface area contributed by atoms with Crippen LogP contribution in [0, 0.1) is 0 Å². The van der Waals surface area contributed by atoms with E-state index in [1.165, 1.54) is 12.1 Å². The van der Waals surface area contributed by atoms with Gasteiger partial charge in [0, 0.05) is 26.2 Å². The van der Waals surface area contributed by atoms with Crippen molar-refractivity contribution in [2.24, 2.45) is 5.73 Å². The SMILES string of the molecule is Cl.NCC1CN(Cc2ccc(C(F)(F)F)cc2)CCO1. The predicted molar refractivity (Wildman–Crippen MR) is 72.8 cm³/mol. The van der Waals surface area contributed by atoms with Crippen LogP contribution in [0.4, 0.5) is 13.2 Å². The quantitative estimate of drug-likeness (QED) is 0.931. The molecule has 0 radical (unpaired) electrons. The standard InChI is InChI=1S/C13H17F3N2O.ClH/c14-13(15,16)11-3-1-10(2-4-11)8-18-5-6-19-12(7-17)9-18;/h1-4,12H,5-9,17H2;1H. The molecule has 2 N–H and O–H groups in total. The Morgan fingerprint density at radius 2 is 1.90 bits per heavy atom. The van der Waals surface area contributed by atoms with Crippen LogP contribution in [0.15, 0.2) is 24.3 Å². The molecule has 1 aliphatic heterocycles. The summed E-state index contributed by atoms with van der Waals surface area (Å²) in [6, 6.07) is 5.29. The van der Waals surface area contributed by atoms with Gasteiger partial charge in [-0.15, -0.1) is 12.4 Å². The summed E-state index contributed by atoms with van der Waals surface area (Å²) < 4.78 is 42.7. The van der Waals surface area contributed by atoms with Crippen LogP contribution in [0.5, 0.6) is 0 Å². The summed E-state index contributed by atoms with van der Waals surface area (Å²) in [6.07, 6.45) is -4.26. The molecule has 1 heterocycles. The van der Waals surface area contributed by atoms with Gasteiger partial charge in [0.1, 0.15) is 0 Å². The lowest BCUT2D eigenvalue weighted by Crippen LogP contribution is -2.45. The van der Waals surface area contributed by atoms with Crippen LogP contribution in [-0.2, 0) is 17.5 Å². The molecule has 20 heavy (non-hydrogen) atoms. The third-order valence-corrected chi connectivity index (χ3v) is 3.17. The summed E-state index contributed by atoms with van der Waals surface area (Å²) in [7, 11) is 0. The summed E-state index contributed by atoms with van der Waals surface area (Å²) in [6.45, 7) is 3.19. The van der Waals surface area contributed by atoms with Gasteiger partial charge in [-0.25, -0.2) is 0 Å². The molecule has 0 saturated carbocycles. The summed E-state index contributed by atoms with van der Waals surface area (Å²) in [5.41, 5.74) is 5.80. The second-order valence-electron chi connectivity index (χ2n) is 4.66. The highest BCUT2D eigenvalue weighted by atomic mass is 35.5. The Hall–Kier alpha value is -0.820. The maximum absolute atomic E-state index is 12.4. The fourth-order valence-corrected chi connectivity index (χ4v) is 2.12. The number of alkyl halides is 3. The van der Waals surface area contributed by atoms with Crippen LogP contribution in [0.1, 0.15) is 11.1 Å². The molecule has 7 heteroatoms. The topological polar surface area (TPSA) is 38.5 Å². The molecule has 1 unspecified atom stereocenters. The molecule has 1 saturated heterocycles. The number of morpholine rings is 1. The van der Waals surface area contributed by atoms with E-state index in [2.05, 4.69) is 4.90 Å². The van der Waals surface area contributed by atoms with E-state index in [9.17, 15) is 13.2 Å². The maximum atomic E-state index is 12.4. The van der Waals surface area contributed by atoms with Gasteiger partial charge in [-0.05, 0) is 17.7 Å². The molecular weight excluding hydrogens is 293 g/mol. The zero-order valence-electron chi connectivity index (χ0n) is 10.9. The number of rotatable bonds is 3. The van der Waals surface area contributed by atoms with Gasteiger partial charge in [-0.2, -0.15) is 13.2 Å². The first-order chi connectivity index (χ1) is 8.99. The summed E-state index contributed by atoms with van der Waals surface area (Å²) in [4.78, 5) is 2.14. The molecule has 0 aliphatic carbocycles. The summed E-state index contributed by atoms with van der Waals surface area (Å²) >= 11 is 0. The first kappa shape index (κ1) is 17.2. The van der Waals surface area contributed by atoms with Crippen LogP contribution < -0.4 is 5.73 Å². The normalized spacial score (nSPS) is 20.5. The molecule has 1 fully saturated rings. The van der Waals surface area contributed by atoms with Crippen LogP contribution in [-0.4, -0.2) is 37.2 Å². The zero-order valence-corrected chi connectivity index (χ0v) is 11.7. The first-order valence-electron chi connectivity index (χ1n) is 6.19. The zero-order chi connectivity index (χ0) is 13.9. The molecule has 1 aromatic carbocycles. The van der Waals surface area contributed by atoms with E-state index in [1.807, 2.05) is 0 Å². The Labute approximate surface area is 122 Å². The van der Waals surface area contributed by atoms with Crippen molar-refractivity contribution in [2.45, 2.75) is 18.8 Å². The van der Waals surface area contributed by atoms with Crippen molar-refractivity contribution < 1.29 is 17.9 Å². The van der Waals surface area contributed by atoms with E-state index in [0.717, 1.165) is 30.8 Å². The van der Waals surface area contributed by atoms with Gasteiger partial charge >= 0.3 is 6.18 Å². The fourth-order valence-electron chi connectivity index (χ4n) is 2.12. The Kier molecular flexibility index (Phi) is 6.26. The second-order valence-corrected chi connectivity index (χ2v) is 4.66. The minimum absolute atomic E-state index is 0. The Morgan fingerprint density at radius 1 is 1.25 bits per heavy atom. The highest BCUT2D eigenvalue weighted by Crippen LogP contribution is 2.29. The average molecular weight is 311 g/mol. The molecular formula is C13H18ClF3N2O. The van der Waals surface area contributed by atoms with E-state index in [-0.39, 0.29) is 18.5 Å². The van der Waals surface area contributed by atoms with Gasteiger partial charge < -0.3 is 10.5 Å². The van der Waals surface area contributed by atoms with Gasteiger partial charge in [0.25, 0.3) is 0 Å². The number of nitrogens with two attached hydrogens (primary N) is 1. The molecule has 0 bridgehead atoms. The van der Waals surface area contributed by atoms with E-state index < -0.39 is 11.7 Å². The number of halogens is 4. The monoisotopic (exact) mass is 310 g/mol. The Balaban J connectivity index is 0.00000200. The summed E-state index contributed by atoms with van der Waals surface area (Å²) in [5, 5.41) is 0. The van der Waals surface area contributed by atoms with Crippen molar-refractivity contribution in [1.29, 1.82) is 0 Å². The Bertz CT molecular complexity index is 411. The Morgan fingerprint density at radius 3 is 2.45 bits per heavy atom. The number of nitrogens with zero attached hydrogens (tertiary/aromatic N) is 1. The number of hydrogen-bond acceptors (Lipinski definition) is 3. The lowest BCUT2D eigenvalue weighted by Gasteiger charge is -2.32. The number of ether oxygens (including phenoxy) is 1. The minimum atomic E-state index is -4.28. The second kappa shape index (κ2) is 7.26. The van der Waals surface area contributed by atoms with Crippen LogP contribution in [0.2, 0.25) is 0 Å². The van der Waals surface area contributed by atoms with Crippen LogP contribution in [0.25, 0.3) is 0 Å². The van der Waals surface area contributed by atoms with Crippen molar-refractivity contribution in [1.82, 2.24) is 4.90 Å². The van der Waals surface area contributed by atoms with E-state index in [4.69, 9.17) is 10.5 Å². The van der Waals surface area contributed by atoms with Crippen molar-refractivity contribution in [2.75, 3.05) is 26.2 Å². The molecule has 3 nitrogen and oxygen atoms in total. The molecule has 1 aliphatic rings. The third kappa shape index (κ3) is 4.63. The van der Waals surface area contributed by atoms with Crippen molar-refractivity contribution >= 4 is 12.4 Å². The lowest BCUT2D eigenvalue weighted by molar-refractivity contribution is -0.137. The predicted octanol–water partition coefficient (Wildman–Crippen LogP) is 2.29. The smallest absolute Gasteiger partial charge is 0.374 e. The molecule has 0 spiro atoms. The molecule has 1 atom stereocenters. The van der Waals surface area contributed by atoms with Gasteiger partial charge in [-0.1, -0.05) is 12.1 Å². The maximum Gasteiger partial charge on any atom is 0.416 e. The van der Waals surface area contributed by atoms with Crippen molar-refractivity contribution in [3.05, 3.63) is 35.4 Å². The van der Waals surface area contributed by atoms with Crippen LogP contribution >= 0.6 is 12.4 Å². The molecule has 114 valence electrons. The minimum Gasteiger partial charge on any atom is -0.374 e. The largest absolute Gasteiger partial charge is 0.416 e. The van der Waals surface area contributed by atoms with Gasteiger partial charge in [0.05, 0.1) is 18.3 Å². The third-order valence-electron chi connectivity index (χ3n) is 3.17. The van der Waals surface area contributed by atoms with E-state index in [0.29, 0.717) is 19.7 Å². The molecule has 0 amide bonds.